The molecule has 0 fully saturated rings. The summed E-state index contributed by atoms with van der Waals surface area (Å²) < 4.78 is 4.42. The minimum absolute atomic E-state index is 0.157. The van der Waals surface area contributed by atoms with Crippen LogP contribution in [0.1, 0.15) is 0 Å². The van der Waals surface area contributed by atoms with Gasteiger partial charge in [0.2, 0.25) is 0 Å². The standard InChI is InChI=1S/C9H9NO4/c1-13-9(12)10(14-7-11)8-5-3-2-4-6-8/h2-7H,1H3. The van der Waals surface area contributed by atoms with Gasteiger partial charge in [-0.2, -0.15) is 0 Å². The largest absolute Gasteiger partial charge is 0.450 e. The van der Waals surface area contributed by atoms with E-state index in [1.807, 2.05) is 0 Å². The minimum atomic E-state index is -0.761. The fourth-order valence-electron chi connectivity index (χ4n) is 0.899. The minimum Gasteiger partial charge on any atom is -0.450 e. The van der Waals surface area contributed by atoms with Gasteiger partial charge in [-0.3, -0.25) is 4.79 Å². The SMILES string of the molecule is COC(=O)N(OC=O)c1ccccc1. The zero-order chi connectivity index (χ0) is 10.4. The number of carbonyl (C=O) groups is 2. The molecule has 0 N–H and O–H groups in total. The molecule has 5 nitrogen and oxygen atoms in total. The van der Waals surface area contributed by atoms with Gasteiger partial charge in [0.25, 0.3) is 0 Å². The van der Waals surface area contributed by atoms with Gasteiger partial charge >= 0.3 is 12.6 Å². The molecule has 0 aliphatic heterocycles. The van der Waals surface area contributed by atoms with Gasteiger partial charge in [-0.15, -0.1) is 5.06 Å². The molecule has 0 saturated heterocycles. The fourth-order valence-corrected chi connectivity index (χ4v) is 0.899. The molecular formula is C9H9NO4. The summed E-state index contributed by atoms with van der Waals surface area (Å²) in [6, 6.07) is 8.42. The van der Waals surface area contributed by atoms with Crippen LogP contribution in [-0.2, 0) is 14.4 Å². The molecule has 5 heteroatoms. The van der Waals surface area contributed by atoms with Crippen LogP contribution in [0.15, 0.2) is 30.3 Å². The van der Waals surface area contributed by atoms with Crippen molar-refractivity contribution in [3.05, 3.63) is 30.3 Å². The van der Waals surface area contributed by atoms with E-state index >= 15 is 0 Å². The number of hydrogen-bond donors (Lipinski definition) is 0. The molecule has 74 valence electrons. The molecule has 0 radical (unpaired) electrons. The van der Waals surface area contributed by atoms with Crippen molar-refractivity contribution in [1.29, 1.82) is 0 Å². The Balaban J connectivity index is 2.88. The molecule has 0 aromatic heterocycles. The normalized spacial score (nSPS) is 8.93. The molecule has 0 aliphatic carbocycles. The Bertz CT molecular complexity index is 312. The van der Waals surface area contributed by atoms with Crippen molar-refractivity contribution < 1.29 is 19.2 Å². The third kappa shape index (κ3) is 2.22. The summed E-state index contributed by atoms with van der Waals surface area (Å²) in [5, 5.41) is 0.757. The van der Waals surface area contributed by atoms with Gasteiger partial charge in [-0.05, 0) is 12.1 Å². The van der Waals surface area contributed by atoms with E-state index in [2.05, 4.69) is 9.57 Å². The fraction of sp³-hybridized carbons (Fsp3) is 0.111. The van der Waals surface area contributed by atoms with E-state index in [1.165, 1.54) is 7.11 Å². The quantitative estimate of drug-likeness (QED) is 0.539. The highest BCUT2D eigenvalue weighted by molar-refractivity contribution is 5.86. The highest BCUT2D eigenvalue weighted by atomic mass is 16.7. The van der Waals surface area contributed by atoms with Gasteiger partial charge in [0.15, 0.2) is 0 Å². The first-order valence-electron chi connectivity index (χ1n) is 3.83. The second-order valence-electron chi connectivity index (χ2n) is 2.30. The van der Waals surface area contributed by atoms with E-state index in [4.69, 9.17) is 0 Å². The number of amides is 1. The Hall–Kier alpha value is -2.04. The van der Waals surface area contributed by atoms with Crippen molar-refractivity contribution in [3.8, 4) is 0 Å². The van der Waals surface area contributed by atoms with E-state index in [-0.39, 0.29) is 6.47 Å². The number of hydroxylamine groups is 1. The highest BCUT2D eigenvalue weighted by Gasteiger charge is 2.16. The highest BCUT2D eigenvalue weighted by Crippen LogP contribution is 2.13. The van der Waals surface area contributed by atoms with Crippen molar-refractivity contribution >= 4 is 18.3 Å². The van der Waals surface area contributed by atoms with Gasteiger partial charge in [0.05, 0.1) is 12.8 Å². The first-order valence-corrected chi connectivity index (χ1v) is 3.83. The first kappa shape index (κ1) is 10.0. The van der Waals surface area contributed by atoms with Crippen LogP contribution >= 0.6 is 0 Å². The van der Waals surface area contributed by atoms with Crippen LogP contribution in [0.2, 0.25) is 0 Å². The molecule has 0 heterocycles. The number of ether oxygens (including phenoxy) is 1. The summed E-state index contributed by atoms with van der Waals surface area (Å²) in [5.41, 5.74) is 0.423. The topological polar surface area (TPSA) is 55.8 Å². The molecular weight excluding hydrogens is 186 g/mol. The Morgan fingerprint density at radius 1 is 1.36 bits per heavy atom. The summed E-state index contributed by atoms with van der Waals surface area (Å²) in [7, 11) is 1.20. The van der Waals surface area contributed by atoms with Crippen LogP contribution in [0, 0.1) is 0 Å². The van der Waals surface area contributed by atoms with E-state index in [0.29, 0.717) is 5.69 Å². The summed E-state index contributed by atoms with van der Waals surface area (Å²) in [5.74, 6) is 0. The zero-order valence-corrected chi connectivity index (χ0v) is 7.54. The van der Waals surface area contributed by atoms with Crippen molar-refractivity contribution in [2.45, 2.75) is 0 Å². The van der Waals surface area contributed by atoms with Gasteiger partial charge in [-0.25, -0.2) is 4.79 Å². The van der Waals surface area contributed by atoms with Crippen LogP contribution in [0.25, 0.3) is 0 Å². The van der Waals surface area contributed by atoms with Crippen LogP contribution in [0.5, 0.6) is 0 Å². The van der Waals surface area contributed by atoms with Crippen molar-refractivity contribution in [2.75, 3.05) is 12.2 Å². The summed E-state index contributed by atoms with van der Waals surface area (Å²) in [6.45, 7) is 0.157. The lowest BCUT2D eigenvalue weighted by Crippen LogP contribution is -2.30. The molecule has 0 spiro atoms. The zero-order valence-electron chi connectivity index (χ0n) is 7.54. The van der Waals surface area contributed by atoms with Gasteiger partial charge < -0.3 is 9.57 Å². The van der Waals surface area contributed by atoms with Gasteiger partial charge in [0.1, 0.15) is 0 Å². The number of methoxy groups -OCH3 is 1. The first-order chi connectivity index (χ1) is 6.79. The molecule has 1 rings (SSSR count). The second kappa shape index (κ2) is 4.86. The molecule has 1 aromatic carbocycles. The molecule has 1 amide bonds. The molecule has 0 unspecified atom stereocenters. The maximum absolute atomic E-state index is 11.1. The van der Waals surface area contributed by atoms with E-state index in [0.717, 1.165) is 5.06 Å². The third-order valence-electron chi connectivity index (χ3n) is 1.48. The molecule has 0 saturated carbocycles. The Morgan fingerprint density at radius 2 is 2.00 bits per heavy atom. The lowest BCUT2D eigenvalue weighted by atomic mass is 10.3. The van der Waals surface area contributed by atoms with E-state index in [1.54, 1.807) is 30.3 Å². The predicted molar refractivity (Wildman–Crippen MR) is 48.5 cm³/mol. The van der Waals surface area contributed by atoms with E-state index < -0.39 is 6.09 Å². The summed E-state index contributed by atoms with van der Waals surface area (Å²) >= 11 is 0. The molecule has 0 bridgehead atoms. The average molecular weight is 195 g/mol. The number of rotatable bonds is 3. The molecule has 0 atom stereocenters. The van der Waals surface area contributed by atoms with Crippen LogP contribution in [0.3, 0.4) is 0 Å². The lowest BCUT2D eigenvalue weighted by Gasteiger charge is -2.16. The molecule has 1 aromatic rings. The predicted octanol–water partition coefficient (Wildman–Crippen LogP) is 1.35. The number of carbonyl (C=O) groups excluding carboxylic acids is 2. The van der Waals surface area contributed by atoms with Crippen LogP contribution in [-0.4, -0.2) is 19.7 Å². The number of nitrogens with zero attached hydrogens (tertiary/aromatic N) is 1. The monoisotopic (exact) mass is 195 g/mol. The molecule has 0 aliphatic rings. The Labute approximate surface area is 80.8 Å². The van der Waals surface area contributed by atoms with Crippen molar-refractivity contribution in [2.24, 2.45) is 0 Å². The third-order valence-corrected chi connectivity index (χ3v) is 1.48. The lowest BCUT2D eigenvalue weighted by molar-refractivity contribution is -0.129. The number of benzene rings is 1. The number of hydrogen-bond acceptors (Lipinski definition) is 4. The maximum atomic E-state index is 11.1. The molecule has 14 heavy (non-hydrogen) atoms. The number of para-hydroxylation sites is 1. The maximum Gasteiger partial charge on any atom is 0.447 e. The second-order valence-corrected chi connectivity index (χ2v) is 2.30. The Morgan fingerprint density at radius 3 is 2.50 bits per heavy atom. The van der Waals surface area contributed by atoms with Crippen LogP contribution in [0.4, 0.5) is 10.5 Å². The van der Waals surface area contributed by atoms with Crippen molar-refractivity contribution in [1.82, 2.24) is 0 Å². The van der Waals surface area contributed by atoms with Gasteiger partial charge in [0, 0.05) is 0 Å². The summed E-state index contributed by atoms with van der Waals surface area (Å²) in [4.78, 5) is 25.7. The average Bonchev–Trinajstić information content (AvgIpc) is 2.26. The van der Waals surface area contributed by atoms with Crippen molar-refractivity contribution in [3.63, 3.8) is 0 Å². The van der Waals surface area contributed by atoms with Gasteiger partial charge in [-0.1, -0.05) is 18.2 Å². The summed E-state index contributed by atoms with van der Waals surface area (Å²) in [6.07, 6.45) is -0.761. The Kier molecular flexibility index (Phi) is 3.49. The van der Waals surface area contributed by atoms with E-state index in [9.17, 15) is 9.59 Å². The smallest absolute Gasteiger partial charge is 0.447 e. The van der Waals surface area contributed by atoms with Crippen LogP contribution < -0.4 is 5.06 Å². The number of anilines is 1.